The number of carbonyl (C=O) groups is 2. The van der Waals surface area contributed by atoms with Crippen LogP contribution in [0.25, 0.3) is 0 Å². The molecule has 1 amide bonds. The predicted molar refractivity (Wildman–Crippen MR) is 83.0 cm³/mol. The van der Waals surface area contributed by atoms with Gasteiger partial charge >= 0.3 is 5.97 Å². The number of amides is 1. The van der Waals surface area contributed by atoms with Crippen LogP contribution in [0, 0.1) is 10.1 Å². The summed E-state index contributed by atoms with van der Waals surface area (Å²) in [4.78, 5) is 35.6. The molecule has 24 heavy (non-hydrogen) atoms. The molecule has 0 aromatic heterocycles. The van der Waals surface area contributed by atoms with Crippen LogP contribution in [0.4, 0.5) is 11.4 Å². The molecule has 1 aromatic rings. The zero-order valence-corrected chi connectivity index (χ0v) is 12.8. The highest BCUT2D eigenvalue weighted by molar-refractivity contribution is 5.96. The fourth-order valence-corrected chi connectivity index (χ4v) is 2.55. The minimum Gasteiger partial charge on any atom is -0.479 e. The summed E-state index contributed by atoms with van der Waals surface area (Å²) in [5.74, 6) is -1.58. The van der Waals surface area contributed by atoms with Crippen LogP contribution < -0.4 is 5.32 Å². The Kier molecular flexibility index (Phi) is 4.34. The van der Waals surface area contributed by atoms with Gasteiger partial charge in [-0.1, -0.05) is 0 Å². The molecule has 1 aliphatic heterocycles. The maximum absolute atomic E-state index is 12.5. The van der Waals surface area contributed by atoms with Gasteiger partial charge < -0.3 is 20.1 Å². The molecule has 1 aliphatic carbocycles. The molecule has 1 unspecified atom stereocenters. The summed E-state index contributed by atoms with van der Waals surface area (Å²) < 4.78 is 5.08. The summed E-state index contributed by atoms with van der Waals surface area (Å²) in [6, 6.07) is 4.53. The maximum Gasteiger partial charge on any atom is 0.334 e. The van der Waals surface area contributed by atoms with Crippen molar-refractivity contribution in [3.8, 4) is 0 Å². The van der Waals surface area contributed by atoms with E-state index in [2.05, 4.69) is 5.32 Å². The van der Waals surface area contributed by atoms with Crippen molar-refractivity contribution in [2.24, 2.45) is 0 Å². The summed E-state index contributed by atoms with van der Waals surface area (Å²) in [5.41, 5.74) is 0.398. The number of nitro groups is 1. The summed E-state index contributed by atoms with van der Waals surface area (Å²) in [7, 11) is 0. The van der Waals surface area contributed by atoms with Crippen molar-refractivity contribution >= 4 is 23.3 Å². The Balaban J connectivity index is 1.80. The van der Waals surface area contributed by atoms with Crippen molar-refractivity contribution in [1.82, 2.24) is 4.90 Å². The predicted octanol–water partition coefficient (Wildman–Crippen LogP) is 1.09. The number of anilines is 1. The highest BCUT2D eigenvalue weighted by atomic mass is 16.6. The molecule has 128 valence electrons. The zero-order valence-electron chi connectivity index (χ0n) is 12.8. The average Bonchev–Trinajstić information content (AvgIpc) is 3.38. The smallest absolute Gasteiger partial charge is 0.334 e. The molecule has 1 heterocycles. The van der Waals surface area contributed by atoms with Crippen molar-refractivity contribution in [2.45, 2.75) is 25.0 Å². The molecule has 3 rings (SSSR count). The lowest BCUT2D eigenvalue weighted by Gasteiger charge is -2.30. The molecule has 1 saturated carbocycles. The highest BCUT2D eigenvalue weighted by Gasteiger charge is 2.31. The number of nitrogens with one attached hydrogen (secondary N) is 1. The Hall–Kier alpha value is -2.68. The van der Waals surface area contributed by atoms with E-state index in [9.17, 15) is 19.7 Å². The number of benzene rings is 1. The monoisotopic (exact) mass is 335 g/mol. The third-order valence-electron chi connectivity index (χ3n) is 4.01. The van der Waals surface area contributed by atoms with Gasteiger partial charge in [-0.15, -0.1) is 0 Å². The van der Waals surface area contributed by atoms with E-state index in [0.717, 1.165) is 12.8 Å². The number of morpholine rings is 1. The SMILES string of the molecule is O=C(O)C1CN(C(=O)c2ccc(NC3CC3)c([N+](=O)[O-])c2)CCO1. The first kappa shape index (κ1) is 16.2. The third-order valence-corrected chi connectivity index (χ3v) is 4.01. The minimum absolute atomic E-state index is 0.0793. The molecule has 0 radical (unpaired) electrons. The van der Waals surface area contributed by atoms with E-state index < -0.39 is 22.9 Å². The van der Waals surface area contributed by atoms with Gasteiger partial charge in [-0.2, -0.15) is 0 Å². The molecule has 0 spiro atoms. The molecule has 1 aromatic carbocycles. The van der Waals surface area contributed by atoms with Crippen LogP contribution in [-0.2, 0) is 9.53 Å². The number of hydrogen-bond donors (Lipinski definition) is 2. The molecule has 9 heteroatoms. The van der Waals surface area contributed by atoms with Crippen LogP contribution in [0.2, 0.25) is 0 Å². The van der Waals surface area contributed by atoms with E-state index >= 15 is 0 Å². The largest absolute Gasteiger partial charge is 0.479 e. The van der Waals surface area contributed by atoms with Crippen molar-refractivity contribution in [3.05, 3.63) is 33.9 Å². The maximum atomic E-state index is 12.5. The van der Waals surface area contributed by atoms with Crippen LogP contribution in [0.3, 0.4) is 0 Å². The van der Waals surface area contributed by atoms with Crippen LogP contribution in [0.5, 0.6) is 0 Å². The van der Waals surface area contributed by atoms with E-state index in [-0.39, 0.29) is 37.0 Å². The number of carboxylic acid groups (broad SMARTS) is 1. The fraction of sp³-hybridized carbons (Fsp3) is 0.467. The van der Waals surface area contributed by atoms with Gasteiger partial charge in [0.2, 0.25) is 0 Å². The second kappa shape index (κ2) is 6.44. The van der Waals surface area contributed by atoms with Crippen molar-refractivity contribution in [2.75, 3.05) is 25.0 Å². The lowest BCUT2D eigenvalue weighted by atomic mass is 10.1. The number of rotatable bonds is 5. The zero-order chi connectivity index (χ0) is 17.3. The Labute approximate surface area is 137 Å². The van der Waals surface area contributed by atoms with Gasteiger partial charge in [0, 0.05) is 24.2 Å². The van der Waals surface area contributed by atoms with Crippen LogP contribution in [0.1, 0.15) is 23.2 Å². The molecule has 0 bridgehead atoms. The van der Waals surface area contributed by atoms with E-state index in [1.807, 2.05) is 0 Å². The second-order valence-corrected chi connectivity index (χ2v) is 5.86. The molecule has 2 aliphatic rings. The second-order valence-electron chi connectivity index (χ2n) is 5.86. The van der Waals surface area contributed by atoms with Crippen molar-refractivity contribution in [1.29, 1.82) is 0 Å². The standard InChI is InChI=1S/C15H17N3O6/c19-14(17-5-6-24-13(8-17)15(20)21)9-1-4-11(16-10-2-3-10)12(7-9)18(22)23/h1,4,7,10,13,16H,2-3,5-6,8H2,(H,20,21). The normalized spacial score (nSPS) is 20.5. The molecule has 1 saturated heterocycles. The molecule has 2 N–H and O–H groups in total. The molecule has 2 fully saturated rings. The van der Waals surface area contributed by atoms with Gasteiger partial charge in [-0.3, -0.25) is 14.9 Å². The summed E-state index contributed by atoms with van der Waals surface area (Å²) in [6.45, 7) is 0.286. The minimum atomic E-state index is -1.14. The Morgan fingerprint density at radius 3 is 2.75 bits per heavy atom. The number of carbonyl (C=O) groups excluding carboxylic acids is 1. The van der Waals surface area contributed by atoms with Gasteiger partial charge in [0.1, 0.15) is 5.69 Å². The van der Waals surface area contributed by atoms with Gasteiger partial charge in [0.05, 0.1) is 18.1 Å². The van der Waals surface area contributed by atoms with E-state index in [4.69, 9.17) is 9.84 Å². The summed E-state index contributed by atoms with van der Waals surface area (Å²) in [6.07, 6.45) is 0.873. The van der Waals surface area contributed by atoms with Crippen LogP contribution in [-0.4, -0.2) is 58.6 Å². The van der Waals surface area contributed by atoms with Crippen LogP contribution >= 0.6 is 0 Å². The number of aliphatic carboxylic acids is 1. The summed E-state index contributed by atoms with van der Waals surface area (Å²) in [5, 5.41) is 23.3. The first-order valence-electron chi connectivity index (χ1n) is 7.64. The lowest BCUT2D eigenvalue weighted by Crippen LogP contribution is -2.48. The number of nitrogens with zero attached hydrogens (tertiary/aromatic N) is 2. The molecule has 1 atom stereocenters. The Morgan fingerprint density at radius 1 is 1.38 bits per heavy atom. The fourth-order valence-electron chi connectivity index (χ4n) is 2.55. The lowest BCUT2D eigenvalue weighted by molar-refractivity contribution is -0.384. The topological polar surface area (TPSA) is 122 Å². The number of ether oxygens (including phenoxy) is 1. The molecule has 9 nitrogen and oxygen atoms in total. The number of hydrogen-bond acceptors (Lipinski definition) is 6. The van der Waals surface area contributed by atoms with E-state index in [1.165, 1.54) is 23.1 Å². The third kappa shape index (κ3) is 3.46. The van der Waals surface area contributed by atoms with E-state index in [1.54, 1.807) is 0 Å². The number of nitro benzene ring substituents is 1. The quantitative estimate of drug-likeness (QED) is 0.610. The first-order valence-corrected chi connectivity index (χ1v) is 7.64. The molecular weight excluding hydrogens is 318 g/mol. The van der Waals surface area contributed by atoms with Crippen molar-refractivity contribution in [3.63, 3.8) is 0 Å². The highest BCUT2D eigenvalue weighted by Crippen LogP contribution is 2.31. The van der Waals surface area contributed by atoms with Gasteiger partial charge in [0.15, 0.2) is 6.10 Å². The summed E-state index contributed by atoms with van der Waals surface area (Å²) >= 11 is 0. The van der Waals surface area contributed by atoms with Gasteiger partial charge in [-0.05, 0) is 25.0 Å². The van der Waals surface area contributed by atoms with Crippen LogP contribution in [0.15, 0.2) is 18.2 Å². The number of carboxylic acids is 1. The Bertz CT molecular complexity index is 688. The molecular formula is C15H17N3O6. The van der Waals surface area contributed by atoms with Gasteiger partial charge in [-0.25, -0.2) is 4.79 Å². The Morgan fingerprint density at radius 2 is 2.12 bits per heavy atom. The van der Waals surface area contributed by atoms with Gasteiger partial charge in [0.25, 0.3) is 11.6 Å². The van der Waals surface area contributed by atoms with Crippen molar-refractivity contribution < 1.29 is 24.4 Å². The van der Waals surface area contributed by atoms with E-state index in [0.29, 0.717) is 5.69 Å². The average molecular weight is 335 g/mol. The first-order chi connectivity index (χ1) is 11.5.